The summed E-state index contributed by atoms with van der Waals surface area (Å²) in [6.07, 6.45) is -0.655. The van der Waals surface area contributed by atoms with Crippen LogP contribution in [0.5, 0.6) is 0 Å². The molecule has 6 heteroatoms. The van der Waals surface area contributed by atoms with Crippen LogP contribution in [-0.4, -0.2) is 46.7 Å². The van der Waals surface area contributed by atoms with Crippen molar-refractivity contribution in [2.24, 2.45) is 0 Å². The van der Waals surface area contributed by atoms with Gasteiger partial charge >= 0.3 is 5.97 Å². The highest BCUT2D eigenvalue weighted by Gasteiger charge is 2.33. The molecule has 64 valence electrons. The topological polar surface area (TPSA) is 55.8 Å². The van der Waals surface area contributed by atoms with Gasteiger partial charge in [-0.25, -0.2) is 9.80 Å². The summed E-state index contributed by atoms with van der Waals surface area (Å²) >= 11 is 4.91. The van der Waals surface area contributed by atoms with Gasteiger partial charge in [0, 0.05) is 7.05 Å². The Morgan fingerprint density at radius 1 is 1.64 bits per heavy atom. The van der Waals surface area contributed by atoms with Crippen LogP contribution >= 0.6 is 0 Å². The zero-order valence-electron chi connectivity index (χ0n) is 6.31. The fraction of sp³-hybridized carbons (Fsp3) is 0.800. The molecule has 0 aliphatic carbocycles. The van der Waals surface area contributed by atoms with E-state index in [9.17, 15) is 4.79 Å². The van der Waals surface area contributed by atoms with E-state index in [-0.39, 0.29) is 5.50 Å². The molecule has 0 aromatic rings. The van der Waals surface area contributed by atoms with Crippen LogP contribution in [0.15, 0.2) is 0 Å². The number of nitrogens with one attached hydrogen (secondary N) is 1. The van der Waals surface area contributed by atoms with Crippen LogP contribution in [0.25, 0.3) is 0 Å². The molecule has 0 spiro atoms. The van der Waals surface area contributed by atoms with E-state index in [4.69, 9.17) is 17.7 Å². The minimum atomic E-state index is -0.894. The maximum absolute atomic E-state index is 10.6. The summed E-state index contributed by atoms with van der Waals surface area (Å²) in [6, 6.07) is 0. The second kappa shape index (κ2) is 2.98. The summed E-state index contributed by atoms with van der Waals surface area (Å²) in [5, 5.41) is 10.2. The Labute approximate surface area is 70.3 Å². The van der Waals surface area contributed by atoms with Crippen molar-refractivity contribution in [2.45, 2.75) is 11.7 Å². The number of likely N-dealkylation sites (N-methyl/N-ethyl adjacent to an activating group) is 2. The Kier molecular flexibility index (Phi) is 2.38. The number of carboxylic acids is 1. The van der Waals surface area contributed by atoms with Crippen molar-refractivity contribution in [1.29, 1.82) is 0 Å². The fourth-order valence-electron chi connectivity index (χ4n) is 1.08. The third-order valence-corrected chi connectivity index (χ3v) is 2.10. The predicted octanol–water partition coefficient (Wildman–Crippen LogP) is -1.39. The molecule has 0 aromatic heterocycles. The number of rotatable bonds is 1. The van der Waals surface area contributed by atoms with E-state index < -0.39 is 12.1 Å². The van der Waals surface area contributed by atoms with Crippen molar-refractivity contribution >= 4 is 18.6 Å². The third-order valence-electron chi connectivity index (χ3n) is 1.66. The van der Waals surface area contributed by atoms with Crippen LogP contribution in [0.2, 0.25) is 0 Å². The average molecular weight is 176 g/mol. The lowest BCUT2D eigenvalue weighted by Gasteiger charge is -2.25. The monoisotopic (exact) mass is 176 g/mol. The zero-order valence-corrected chi connectivity index (χ0v) is 7.13. The molecule has 0 aromatic carbocycles. The van der Waals surface area contributed by atoms with Crippen LogP contribution < -0.4 is 5.43 Å². The van der Waals surface area contributed by atoms with Gasteiger partial charge in [-0.15, -0.1) is 0 Å². The van der Waals surface area contributed by atoms with Gasteiger partial charge in [-0.3, -0.25) is 10.3 Å². The highest BCUT2D eigenvalue weighted by molar-refractivity contribution is 7.59. The van der Waals surface area contributed by atoms with Crippen molar-refractivity contribution in [3.8, 4) is 0 Å². The molecule has 0 amide bonds. The van der Waals surface area contributed by atoms with Gasteiger partial charge in [0.15, 0.2) is 6.17 Å². The molecular weight excluding hydrogens is 166 g/mol. The molecule has 2 N–H and O–H groups in total. The smallest absolute Gasteiger partial charge is 0.337 e. The summed E-state index contributed by atoms with van der Waals surface area (Å²) in [5.74, 6) is -0.894. The molecular formula is C5H10N3O2S-. The predicted molar refractivity (Wildman–Crippen MR) is 41.2 cm³/mol. The Morgan fingerprint density at radius 2 is 2.18 bits per heavy atom. The second-order valence-electron chi connectivity index (χ2n) is 2.47. The first-order valence-corrected chi connectivity index (χ1v) is 3.60. The van der Waals surface area contributed by atoms with E-state index in [1.165, 1.54) is 5.01 Å². The van der Waals surface area contributed by atoms with E-state index in [0.29, 0.717) is 0 Å². The minimum absolute atomic E-state index is 0.332. The number of hydrogen-bond donors (Lipinski definition) is 2. The molecule has 11 heavy (non-hydrogen) atoms. The van der Waals surface area contributed by atoms with E-state index in [1.807, 2.05) is 0 Å². The lowest BCUT2D eigenvalue weighted by atomic mass is 10.5. The molecule has 1 rings (SSSR count). The SMILES string of the molecule is CN1NC([S-])N(C)C1C(=O)O. The normalized spacial score (nSPS) is 34.5. The first-order chi connectivity index (χ1) is 5.04. The van der Waals surface area contributed by atoms with E-state index in [2.05, 4.69) is 5.43 Å². The Bertz CT molecular complexity index is 177. The van der Waals surface area contributed by atoms with E-state index in [0.717, 1.165) is 0 Å². The van der Waals surface area contributed by atoms with Crippen LogP contribution in [0.4, 0.5) is 0 Å². The van der Waals surface area contributed by atoms with Gasteiger partial charge in [0.1, 0.15) is 0 Å². The van der Waals surface area contributed by atoms with Crippen molar-refractivity contribution in [1.82, 2.24) is 15.3 Å². The lowest BCUT2D eigenvalue weighted by molar-refractivity contribution is -0.146. The number of aliphatic carboxylic acids is 1. The maximum Gasteiger partial charge on any atom is 0.337 e. The van der Waals surface area contributed by atoms with Crippen molar-refractivity contribution < 1.29 is 9.90 Å². The van der Waals surface area contributed by atoms with Crippen LogP contribution in [0.3, 0.4) is 0 Å². The van der Waals surface area contributed by atoms with E-state index >= 15 is 0 Å². The third kappa shape index (κ3) is 1.48. The van der Waals surface area contributed by atoms with Crippen LogP contribution in [0, 0.1) is 0 Å². The van der Waals surface area contributed by atoms with Gasteiger partial charge < -0.3 is 17.7 Å². The quantitative estimate of drug-likeness (QED) is 0.480. The number of nitrogens with zero attached hydrogens (tertiary/aromatic N) is 2. The van der Waals surface area contributed by atoms with Gasteiger partial charge in [-0.1, -0.05) is 0 Å². The van der Waals surface area contributed by atoms with Gasteiger partial charge in [-0.05, 0) is 12.5 Å². The molecule has 2 unspecified atom stereocenters. The molecule has 0 bridgehead atoms. The summed E-state index contributed by atoms with van der Waals surface area (Å²) in [6.45, 7) is 0. The summed E-state index contributed by atoms with van der Waals surface area (Å²) in [7, 11) is 3.33. The fourth-order valence-corrected chi connectivity index (χ4v) is 1.36. The van der Waals surface area contributed by atoms with Crippen LogP contribution in [-0.2, 0) is 17.4 Å². The second-order valence-corrected chi connectivity index (χ2v) is 2.92. The molecule has 2 atom stereocenters. The van der Waals surface area contributed by atoms with Gasteiger partial charge in [-0.2, -0.15) is 0 Å². The molecule has 1 aliphatic rings. The summed E-state index contributed by atoms with van der Waals surface area (Å²) in [4.78, 5) is 12.2. The van der Waals surface area contributed by atoms with Crippen LogP contribution in [0.1, 0.15) is 0 Å². The van der Waals surface area contributed by atoms with Gasteiger partial charge in [0.25, 0.3) is 0 Å². The Morgan fingerprint density at radius 3 is 2.36 bits per heavy atom. The maximum atomic E-state index is 10.6. The molecule has 1 heterocycles. The first-order valence-electron chi connectivity index (χ1n) is 3.13. The standard InChI is InChI=1S/C5H11N3O2S/c1-7-3(4(9)10)8(2)6-5(7)11/h3,5-6,11H,1-2H3,(H,9,10)/p-1. The van der Waals surface area contributed by atoms with Crippen molar-refractivity contribution in [2.75, 3.05) is 14.1 Å². The van der Waals surface area contributed by atoms with Gasteiger partial charge in [0.05, 0.1) is 0 Å². The Balaban J connectivity index is 2.71. The largest absolute Gasteiger partial charge is 0.757 e. The molecule has 0 saturated carbocycles. The minimum Gasteiger partial charge on any atom is -0.757 e. The van der Waals surface area contributed by atoms with Gasteiger partial charge in [0.2, 0.25) is 0 Å². The molecule has 5 nitrogen and oxygen atoms in total. The summed E-state index contributed by atoms with van der Waals surface area (Å²) < 4.78 is 0. The highest BCUT2D eigenvalue weighted by atomic mass is 32.1. The van der Waals surface area contributed by atoms with Crippen molar-refractivity contribution in [3.05, 3.63) is 0 Å². The number of hydrazine groups is 1. The zero-order chi connectivity index (χ0) is 8.59. The molecule has 1 saturated heterocycles. The average Bonchev–Trinajstić information content (AvgIpc) is 2.07. The molecule has 0 radical (unpaired) electrons. The number of hydrogen-bond acceptors (Lipinski definition) is 5. The highest BCUT2D eigenvalue weighted by Crippen LogP contribution is 2.10. The molecule has 1 aliphatic heterocycles. The molecule has 1 fully saturated rings. The first kappa shape index (κ1) is 8.79. The lowest BCUT2D eigenvalue weighted by Crippen LogP contribution is -2.43. The summed E-state index contributed by atoms with van der Waals surface area (Å²) in [5.41, 5.74) is 2.46. The Hall–Kier alpha value is -0.300. The van der Waals surface area contributed by atoms with Crippen molar-refractivity contribution in [3.63, 3.8) is 0 Å². The number of carboxylic acid groups (broad SMARTS) is 1. The number of carbonyl (C=O) groups is 1. The van der Waals surface area contributed by atoms with E-state index in [1.54, 1.807) is 19.0 Å².